The molecule has 33 heavy (non-hydrogen) atoms. The summed E-state index contributed by atoms with van der Waals surface area (Å²) in [6.07, 6.45) is 1.58. The van der Waals surface area contributed by atoms with E-state index in [4.69, 9.17) is 4.74 Å². The molecule has 2 aliphatic rings. The Morgan fingerprint density at radius 3 is 2.33 bits per heavy atom. The maximum absolute atomic E-state index is 14.3. The fourth-order valence-corrected chi connectivity index (χ4v) is 4.81. The molecule has 0 aromatic heterocycles. The van der Waals surface area contributed by atoms with Crippen molar-refractivity contribution in [3.63, 3.8) is 0 Å². The molecule has 0 saturated carbocycles. The van der Waals surface area contributed by atoms with Crippen molar-refractivity contribution in [1.82, 2.24) is 9.80 Å². The summed E-state index contributed by atoms with van der Waals surface area (Å²) in [6, 6.07) is 16.1. The van der Waals surface area contributed by atoms with Crippen molar-refractivity contribution in [2.24, 2.45) is 5.92 Å². The second-order valence-corrected chi connectivity index (χ2v) is 8.48. The van der Waals surface area contributed by atoms with Crippen LogP contribution in [-0.2, 0) is 14.3 Å². The second kappa shape index (κ2) is 10.3. The first-order valence-electron chi connectivity index (χ1n) is 11.3. The monoisotopic (exact) mass is 451 g/mol. The van der Waals surface area contributed by atoms with Gasteiger partial charge in [0.05, 0.1) is 18.3 Å². The molecular formula is C26H30FN3O3. The van der Waals surface area contributed by atoms with E-state index in [-0.39, 0.29) is 23.5 Å². The Balaban J connectivity index is 1.61. The van der Waals surface area contributed by atoms with Crippen molar-refractivity contribution in [1.29, 1.82) is 0 Å². The number of allylic oxidation sites excluding steroid dienone is 2. The van der Waals surface area contributed by atoms with Crippen molar-refractivity contribution in [2.75, 3.05) is 51.3 Å². The highest BCUT2D eigenvalue weighted by atomic mass is 19.1. The molecule has 1 fully saturated rings. The summed E-state index contributed by atoms with van der Waals surface area (Å²) < 4.78 is 19.5. The lowest BCUT2D eigenvalue weighted by molar-refractivity contribution is -0.143. The van der Waals surface area contributed by atoms with Gasteiger partial charge >= 0.3 is 0 Å². The van der Waals surface area contributed by atoms with Crippen LogP contribution in [0.4, 0.5) is 10.1 Å². The largest absolute Gasteiger partial charge is 0.383 e. The smallest absolute Gasteiger partial charge is 0.239 e. The van der Waals surface area contributed by atoms with Gasteiger partial charge in [0.2, 0.25) is 5.91 Å². The minimum atomic E-state index is -0.826. The number of benzene rings is 2. The van der Waals surface area contributed by atoms with Crippen LogP contribution < -0.4 is 4.90 Å². The van der Waals surface area contributed by atoms with E-state index < -0.39 is 5.92 Å². The molecular weight excluding hydrogens is 421 g/mol. The summed E-state index contributed by atoms with van der Waals surface area (Å²) in [7, 11) is 1.60. The van der Waals surface area contributed by atoms with E-state index in [1.165, 1.54) is 6.07 Å². The number of piperazine rings is 1. The normalized spacial score (nSPS) is 20.7. The van der Waals surface area contributed by atoms with E-state index in [1.807, 2.05) is 41.3 Å². The van der Waals surface area contributed by atoms with Crippen LogP contribution in [0.3, 0.4) is 0 Å². The number of carbonyl (C=O) groups is 2. The van der Waals surface area contributed by atoms with Crippen LogP contribution in [-0.4, -0.2) is 67.9 Å². The van der Waals surface area contributed by atoms with E-state index in [1.54, 1.807) is 37.1 Å². The lowest BCUT2D eigenvalue weighted by atomic mass is 9.84. The lowest BCUT2D eigenvalue weighted by Crippen LogP contribution is -2.54. The minimum absolute atomic E-state index is 0.170. The van der Waals surface area contributed by atoms with E-state index >= 15 is 0 Å². The molecule has 2 aromatic rings. The van der Waals surface area contributed by atoms with Gasteiger partial charge in [-0.15, -0.1) is 0 Å². The van der Waals surface area contributed by atoms with Crippen molar-refractivity contribution < 1.29 is 18.7 Å². The molecule has 6 nitrogen and oxygen atoms in total. The van der Waals surface area contributed by atoms with Gasteiger partial charge in [-0.05, 0) is 24.6 Å². The van der Waals surface area contributed by atoms with Gasteiger partial charge in [0, 0.05) is 51.6 Å². The summed E-state index contributed by atoms with van der Waals surface area (Å²) in [6.45, 7) is 5.05. The van der Waals surface area contributed by atoms with Crippen LogP contribution in [0.25, 0.3) is 0 Å². The molecule has 0 radical (unpaired) electrons. The Morgan fingerprint density at radius 1 is 1.00 bits per heavy atom. The number of halogens is 1. The maximum atomic E-state index is 14.3. The first-order chi connectivity index (χ1) is 16.0. The molecule has 2 unspecified atom stereocenters. The van der Waals surface area contributed by atoms with Crippen LogP contribution in [0.15, 0.2) is 66.4 Å². The Kier molecular flexibility index (Phi) is 7.20. The zero-order chi connectivity index (χ0) is 23.4. The molecule has 0 spiro atoms. The number of methoxy groups -OCH3 is 1. The molecule has 0 N–H and O–H groups in total. The van der Waals surface area contributed by atoms with E-state index in [9.17, 15) is 14.0 Å². The molecule has 2 aromatic carbocycles. The van der Waals surface area contributed by atoms with Gasteiger partial charge < -0.3 is 14.5 Å². The summed E-state index contributed by atoms with van der Waals surface area (Å²) >= 11 is 0. The molecule has 2 heterocycles. The fraction of sp³-hybridized carbons (Fsp3) is 0.385. The minimum Gasteiger partial charge on any atom is -0.383 e. The van der Waals surface area contributed by atoms with Gasteiger partial charge in [0.1, 0.15) is 11.7 Å². The second-order valence-electron chi connectivity index (χ2n) is 8.48. The molecule has 0 bridgehead atoms. The van der Waals surface area contributed by atoms with Gasteiger partial charge in [0.25, 0.3) is 0 Å². The number of hydrogen-bond donors (Lipinski definition) is 0. The Bertz CT molecular complexity index is 1020. The number of ether oxygens (including phenoxy) is 1. The predicted octanol–water partition coefficient (Wildman–Crippen LogP) is 3.27. The predicted molar refractivity (Wildman–Crippen MR) is 125 cm³/mol. The number of ketones is 1. The van der Waals surface area contributed by atoms with Crippen LogP contribution in [0, 0.1) is 11.7 Å². The molecule has 2 atom stereocenters. The Hall–Kier alpha value is -3.03. The zero-order valence-electron chi connectivity index (χ0n) is 19.1. The highest BCUT2D eigenvalue weighted by molar-refractivity contribution is 6.10. The molecule has 2 aliphatic heterocycles. The summed E-state index contributed by atoms with van der Waals surface area (Å²) in [4.78, 5) is 32.6. The first-order valence-corrected chi connectivity index (χ1v) is 11.3. The Labute approximate surface area is 194 Å². The fourth-order valence-electron chi connectivity index (χ4n) is 4.81. The van der Waals surface area contributed by atoms with Gasteiger partial charge in [-0.25, -0.2) is 4.39 Å². The highest BCUT2D eigenvalue weighted by Crippen LogP contribution is 2.35. The summed E-state index contributed by atoms with van der Waals surface area (Å²) in [5, 5.41) is 0. The number of carbonyl (C=O) groups excluding carboxylic acids is 2. The lowest BCUT2D eigenvalue weighted by Gasteiger charge is -2.44. The van der Waals surface area contributed by atoms with Crippen LogP contribution in [0.1, 0.15) is 18.5 Å². The van der Waals surface area contributed by atoms with Crippen molar-refractivity contribution >= 4 is 17.4 Å². The van der Waals surface area contributed by atoms with Crippen molar-refractivity contribution in [3.05, 3.63) is 77.8 Å². The van der Waals surface area contributed by atoms with E-state index in [0.29, 0.717) is 50.7 Å². The molecule has 0 aliphatic carbocycles. The molecule has 1 amide bonds. The molecule has 4 rings (SSSR count). The van der Waals surface area contributed by atoms with E-state index in [2.05, 4.69) is 4.90 Å². The quantitative estimate of drug-likeness (QED) is 0.605. The third kappa shape index (κ3) is 4.84. The summed E-state index contributed by atoms with van der Waals surface area (Å²) in [5.41, 5.74) is 2.17. The van der Waals surface area contributed by atoms with Gasteiger partial charge in [0.15, 0.2) is 5.78 Å². The Morgan fingerprint density at radius 2 is 1.67 bits per heavy atom. The number of hydrogen-bond acceptors (Lipinski definition) is 5. The maximum Gasteiger partial charge on any atom is 0.239 e. The third-order valence-electron chi connectivity index (χ3n) is 6.49. The SMILES string of the molecule is COCCN1C(=O)C(C(c2ccccc2)N2CCN(c3ccccc3F)CC2)C(=O)C=C1C. The van der Waals surface area contributed by atoms with Gasteiger partial charge in [-0.3, -0.25) is 14.5 Å². The van der Waals surface area contributed by atoms with Gasteiger partial charge in [-0.2, -0.15) is 0 Å². The average molecular weight is 452 g/mol. The topological polar surface area (TPSA) is 53.1 Å². The molecule has 174 valence electrons. The van der Waals surface area contributed by atoms with E-state index in [0.717, 1.165) is 5.56 Å². The molecule has 1 saturated heterocycles. The van der Waals surface area contributed by atoms with Crippen molar-refractivity contribution in [2.45, 2.75) is 13.0 Å². The number of para-hydroxylation sites is 1. The number of amides is 1. The highest BCUT2D eigenvalue weighted by Gasteiger charge is 2.44. The van der Waals surface area contributed by atoms with Crippen LogP contribution in [0.2, 0.25) is 0 Å². The van der Waals surface area contributed by atoms with Crippen molar-refractivity contribution in [3.8, 4) is 0 Å². The number of rotatable bonds is 7. The third-order valence-corrected chi connectivity index (χ3v) is 6.49. The van der Waals surface area contributed by atoms with Gasteiger partial charge in [-0.1, -0.05) is 42.5 Å². The number of nitrogens with zero attached hydrogens (tertiary/aromatic N) is 3. The summed E-state index contributed by atoms with van der Waals surface area (Å²) in [5.74, 6) is -1.43. The molecule has 7 heteroatoms. The van der Waals surface area contributed by atoms with Crippen LogP contribution >= 0.6 is 0 Å². The zero-order valence-corrected chi connectivity index (χ0v) is 19.1. The average Bonchev–Trinajstić information content (AvgIpc) is 2.83. The standard InChI is InChI=1S/C26H30FN3O3/c1-19-18-23(31)24(26(32)30(19)16-17-33-2)25(20-8-4-3-5-9-20)29-14-12-28(13-15-29)22-11-7-6-10-21(22)27/h3-11,18,24-25H,12-17H2,1-2H3. The first kappa shape index (κ1) is 23.1. The number of anilines is 1. The van der Waals surface area contributed by atoms with Crippen LogP contribution in [0.5, 0.6) is 0 Å².